The number of aryl methyl sites for hydroxylation is 6. The first kappa shape index (κ1) is 66.1. The van der Waals surface area contributed by atoms with Gasteiger partial charge in [-0.05, 0) is 234 Å². The molecule has 467 valence electrons. The van der Waals surface area contributed by atoms with Crippen molar-refractivity contribution < 1.29 is 4.57 Å². The summed E-state index contributed by atoms with van der Waals surface area (Å²) in [5, 5.41) is 0. The predicted molar refractivity (Wildman–Crippen MR) is 404 cm³/mol. The van der Waals surface area contributed by atoms with E-state index < -0.39 is 5.41 Å². The normalized spacial score (nSPS) is 24.1. The van der Waals surface area contributed by atoms with Crippen molar-refractivity contribution >= 4 is 54.2 Å². The molecule has 0 N–H and O–H groups in total. The molecule has 0 saturated heterocycles. The Labute approximate surface area is 561 Å². The zero-order valence-corrected chi connectivity index (χ0v) is 58.3. The molecule has 93 heavy (non-hydrogen) atoms. The van der Waals surface area contributed by atoms with Gasteiger partial charge >= 0.3 is 0 Å². The molecule has 11 aliphatic rings. The molecule has 1 aromatic heterocycles. The minimum absolute atomic E-state index is 0.179. The predicted octanol–water partition coefficient (Wildman–Crippen LogP) is 20.6. The van der Waals surface area contributed by atoms with Crippen LogP contribution in [0, 0.1) is 33.6 Å². The third-order valence-electron chi connectivity index (χ3n) is 20.8. The van der Waals surface area contributed by atoms with E-state index in [2.05, 4.69) is 254 Å². The molecule has 6 aliphatic carbocycles. The molecule has 3 unspecified atom stereocenters. The maximum absolute atomic E-state index is 6.87. The van der Waals surface area contributed by atoms with E-state index >= 15 is 0 Å². The van der Waals surface area contributed by atoms with Crippen molar-refractivity contribution in [1.82, 2.24) is 0 Å². The first-order valence-corrected chi connectivity index (χ1v) is 35.4. The van der Waals surface area contributed by atoms with E-state index in [1.54, 1.807) is 0 Å². The van der Waals surface area contributed by atoms with Gasteiger partial charge in [-0.2, -0.15) is 4.57 Å². The van der Waals surface area contributed by atoms with Crippen molar-refractivity contribution in [1.29, 1.82) is 0 Å². The van der Waals surface area contributed by atoms with E-state index in [9.17, 15) is 0 Å². The average molecular weight is 1220 g/mol. The second-order valence-electron chi connectivity index (χ2n) is 25.3. The second-order valence-corrected chi connectivity index (χ2v) is 25.3. The average Bonchev–Trinajstić information content (AvgIpc) is 1.57. The fourth-order valence-corrected chi connectivity index (χ4v) is 16.6. The summed E-state index contributed by atoms with van der Waals surface area (Å²) in [6.45, 7) is 30.2. The maximum atomic E-state index is 6.87. The lowest BCUT2D eigenvalue weighted by Crippen LogP contribution is -2.52. The molecule has 3 radical (unpaired) electrons. The Balaban J connectivity index is 0.000000172. The first-order valence-electron chi connectivity index (χ1n) is 35.4. The standard InChI is InChI=1S/C41H36B.C40H36BN2.4C2H6/c1-27-11-7-15-31-25-32(34-20-10-14-30-24-23-29-13-9-19-33(31)37(29)26-42-40(30)34)16-8-12-28(2)41(27)38-21-5-3-17-35(38)36-18-4-6-22-39(36)41;1-24-19-28-23-42-38-17-9-15-36(31(28)20-25(24)2)43-37(32-21-26(3)27(4)22-35(32)41)16-10-18-39(43)40(38)33-13-7-5-11-29(33)30-12-6-8-14-34(30)40;4*1-2/h3,5-17,19-22,25,27H,4,18,23-24,26H2,1-2H3;5,8-11,14-22H,6-7,12-13,23H2,1-4H3;4*1-2H3/q;+1;;;;/b11-7-,16-8-,28-12+,31-15+,32-25-;17-9-,36-15-,42-38?;;;;. The molecular formula is C89H96B2N2+. The van der Waals surface area contributed by atoms with Crippen molar-refractivity contribution in [2.75, 3.05) is 0 Å². The van der Waals surface area contributed by atoms with Gasteiger partial charge in [-0.15, -0.1) is 0 Å². The zero-order chi connectivity index (χ0) is 65.7. The molecule has 3 atom stereocenters. The number of hydrogen-bond acceptors (Lipinski definition) is 1. The van der Waals surface area contributed by atoms with Gasteiger partial charge < -0.3 is 0 Å². The molecule has 2 spiro atoms. The Morgan fingerprint density at radius 2 is 1.18 bits per heavy atom. The number of rotatable bonds is 1. The molecule has 6 bridgehead atoms. The lowest BCUT2D eigenvalue weighted by Gasteiger charge is -2.39. The van der Waals surface area contributed by atoms with E-state index in [1.165, 1.54) is 139 Å². The van der Waals surface area contributed by atoms with Crippen LogP contribution >= 0.6 is 0 Å². The van der Waals surface area contributed by atoms with Crippen molar-refractivity contribution in [2.45, 2.75) is 172 Å². The number of pyridine rings is 1. The fraction of sp³-hybridized carbons (Fsp3) is 0.303. The number of benzene rings is 5. The Kier molecular flexibility index (Phi) is 20.3. The smallest absolute Gasteiger partial charge is 0.219 e. The Hall–Kier alpha value is -8.33. The molecular weight excluding hydrogens is 1120 g/mol. The van der Waals surface area contributed by atoms with E-state index in [1.807, 2.05) is 55.4 Å². The fourth-order valence-electron chi connectivity index (χ4n) is 16.6. The van der Waals surface area contributed by atoms with Gasteiger partial charge in [0.1, 0.15) is 13.3 Å². The van der Waals surface area contributed by atoms with E-state index in [-0.39, 0.29) is 5.41 Å². The van der Waals surface area contributed by atoms with Crippen molar-refractivity contribution in [3.63, 3.8) is 0 Å². The van der Waals surface area contributed by atoms with Gasteiger partial charge in [0.2, 0.25) is 17.1 Å². The van der Waals surface area contributed by atoms with Crippen LogP contribution in [-0.2, 0) is 36.5 Å². The third-order valence-corrected chi connectivity index (χ3v) is 20.8. The summed E-state index contributed by atoms with van der Waals surface area (Å²) in [6.07, 6.45) is 47.5. The van der Waals surface area contributed by atoms with Crippen molar-refractivity contribution in [3.05, 3.63) is 312 Å². The molecule has 2 nitrogen and oxygen atoms in total. The Morgan fingerprint density at radius 3 is 1.98 bits per heavy atom. The minimum atomic E-state index is -0.473. The summed E-state index contributed by atoms with van der Waals surface area (Å²) in [5.74, 6) is 0.291. The van der Waals surface area contributed by atoms with Crippen LogP contribution in [0.4, 0.5) is 0 Å². The highest BCUT2D eigenvalue weighted by Crippen LogP contribution is 2.59. The number of nitrogens with zero attached hydrogens (tertiary/aromatic N) is 2. The number of aromatic nitrogens is 1. The van der Waals surface area contributed by atoms with Gasteiger partial charge in [-0.3, -0.25) is 4.99 Å². The molecule has 17 rings (SSSR count). The summed E-state index contributed by atoms with van der Waals surface area (Å²) >= 11 is 0. The van der Waals surface area contributed by atoms with Crippen LogP contribution in [0.3, 0.4) is 0 Å². The largest absolute Gasteiger partial charge is 0.283 e. The van der Waals surface area contributed by atoms with Crippen molar-refractivity contribution in [2.24, 2.45) is 10.9 Å². The van der Waals surface area contributed by atoms with Crippen molar-refractivity contribution in [3.8, 4) is 11.3 Å². The van der Waals surface area contributed by atoms with Gasteiger partial charge in [0, 0.05) is 29.2 Å². The topological polar surface area (TPSA) is 16.2 Å². The lowest BCUT2D eigenvalue weighted by molar-refractivity contribution is -0.578. The zero-order valence-electron chi connectivity index (χ0n) is 58.3. The summed E-state index contributed by atoms with van der Waals surface area (Å²) in [4.78, 5) is 5.57. The third kappa shape index (κ3) is 11.3. The number of allylic oxidation sites excluding steroid dienone is 25. The first-order chi connectivity index (χ1) is 45.5. The van der Waals surface area contributed by atoms with Gasteiger partial charge in [0.15, 0.2) is 7.28 Å². The van der Waals surface area contributed by atoms with Crippen LogP contribution in [0.5, 0.6) is 0 Å². The molecule has 4 heteroatoms. The highest BCUT2D eigenvalue weighted by atomic mass is 15.0. The summed E-state index contributed by atoms with van der Waals surface area (Å²) < 4.78 is 2.54. The van der Waals surface area contributed by atoms with E-state index in [4.69, 9.17) is 12.8 Å². The Morgan fingerprint density at radius 1 is 0.538 bits per heavy atom. The molecule has 0 saturated carbocycles. The van der Waals surface area contributed by atoms with Crippen LogP contribution in [0.2, 0.25) is 0 Å². The van der Waals surface area contributed by atoms with Gasteiger partial charge in [0.25, 0.3) is 0 Å². The highest BCUT2D eigenvalue weighted by molar-refractivity contribution is 6.55. The molecule has 6 aromatic rings. The number of aliphatic imine (C=N–C) groups is 1. The van der Waals surface area contributed by atoms with Crippen LogP contribution in [-0.4, -0.2) is 20.8 Å². The van der Waals surface area contributed by atoms with Gasteiger partial charge in [-0.25, -0.2) is 0 Å². The summed E-state index contributed by atoms with van der Waals surface area (Å²) in [7, 11) is 9.36. The minimum Gasteiger partial charge on any atom is -0.283 e. The molecule has 0 amide bonds. The monoisotopic (exact) mass is 1210 g/mol. The molecule has 5 aliphatic heterocycles. The lowest BCUT2D eigenvalue weighted by atomic mass is 9.59. The van der Waals surface area contributed by atoms with E-state index in [0.29, 0.717) is 12.5 Å². The van der Waals surface area contributed by atoms with Gasteiger partial charge in [0.05, 0.1) is 17.8 Å². The number of fused-ring (bicyclic) bond motifs is 11. The van der Waals surface area contributed by atoms with Crippen LogP contribution < -0.4 is 15.5 Å². The van der Waals surface area contributed by atoms with Crippen LogP contribution in [0.15, 0.2) is 239 Å². The molecule has 6 heterocycles. The summed E-state index contributed by atoms with van der Waals surface area (Å²) in [6, 6.07) is 39.0. The second kappa shape index (κ2) is 28.5. The molecule has 0 fully saturated rings. The SMILES string of the molecule is CC.CC.CC.CC.C\C1=C/C=C\C2=C\C(=C/C=C\C(C)C13C1=C(CCC=C1)c1ccccc13)c1cccc3c1C[B]c1c(cccc12)CC3.[B]c1cc(C)c(C)cc1-c1cccc2[n+]1/C1=C\C=C/C(=NCc3cc(C)c(C)cc31)C21C2=C(CCC=C2)C2=C1CCC=C2. The highest BCUT2D eigenvalue weighted by Gasteiger charge is 2.57. The van der Waals surface area contributed by atoms with E-state index in [0.717, 1.165) is 80.1 Å². The Bertz CT molecular complexity index is 4400. The number of hydrogen-bond donors (Lipinski definition) is 0. The van der Waals surface area contributed by atoms with Crippen LogP contribution in [0.25, 0.3) is 33.7 Å². The van der Waals surface area contributed by atoms with Crippen LogP contribution in [0.1, 0.15) is 186 Å². The van der Waals surface area contributed by atoms with Gasteiger partial charge in [-0.1, -0.05) is 236 Å². The summed E-state index contributed by atoms with van der Waals surface area (Å²) in [5.41, 5.74) is 37.7. The maximum Gasteiger partial charge on any atom is 0.219 e. The molecule has 5 aromatic carbocycles. The quantitative estimate of drug-likeness (QED) is 0.115.